The number of hydrogen-bond donors (Lipinski definition) is 0. The van der Waals surface area contributed by atoms with Crippen LogP contribution in [-0.2, 0) is 0 Å². The van der Waals surface area contributed by atoms with Crippen LogP contribution in [0.3, 0.4) is 0 Å². The molecule has 0 amide bonds. The zero-order valence-electron chi connectivity index (χ0n) is 9.49. The van der Waals surface area contributed by atoms with E-state index in [0.29, 0.717) is 23.7 Å². The van der Waals surface area contributed by atoms with Crippen molar-refractivity contribution < 1.29 is 4.39 Å². The van der Waals surface area contributed by atoms with Crippen LogP contribution in [0.2, 0.25) is 0 Å². The third kappa shape index (κ3) is 2.98. The Labute approximate surface area is 101 Å². The highest BCUT2D eigenvalue weighted by Gasteiger charge is 2.24. The van der Waals surface area contributed by atoms with Crippen LogP contribution < -0.4 is 4.90 Å². The topological polar surface area (TPSA) is 27.0 Å². The van der Waals surface area contributed by atoms with Gasteiger partial charge in [-0.1, -0.05) is 5.92 Å². The summed E-state index contributed by atoms with van der Waals surface area (Å²) in [6.45, 7) is 1.29. The highest BCUT2D eigenvalue weighted by atomic mass is 19.1. The second kappa shape index (κ2) is 4.89. The van der Waals surface area contributed by atoms with Crippen molar-refractivity contribution in [3.63, 3.8) is 0 Å². The molecule has 0 unspecified atom stereocenters. The van der Waals surface area contributed by atoms with Crippen molar-refractivity contribution in [2.75, 3.05) is 18.0 Å². The lowest BCUT2D eigenvalue weighted by molar-refractivity contribution is 0.625. The van der Waals surface area contributed by atoms with E-state index in [4.69, 9.17) is 11.7 Å². The lowest BCUT2D eigenvalue weighted by Crippen LogP contribution is -2.26. The van der Waals surface area contributed by atoms with E-state index >= 15 is 0 Å². The molecule has 1 saturated carbocycles. The highest BCUT2D eigenvalue weighted by Crippen LogP contribution is 2.31. The van der Waals surface area contributed by atoms with Gasteiger partial charge in [0, 0.05) is 12.2 Å². The molecule has 0 aromatic heterocycles. The molecular weight excluding hydrogens is 215 g/mol. The summed E-state index contributed by atoms with van der Waals surface area (Å²) in [5, 5.41) is 8.82. The molecule has 1 aromatic rings. The van der Waals surface area contributed by atoms with Gasteiger partial charge in [0.25, 0.3) is 0 Å². The maximum atomic E-state index is 13.3. The minimum absolute atomic E-state index is 0.331. The van der Waals surface area contributed by atoms with Crippen molar-refractivity contribution in [2.45, 2.75) is 12.8 Å². The van der Waals surface area contributed by atoms with Crippen LogP contribution in [0.25, 0.3) is 0 Å². The summed E-state index contributed by atoms with van der Waals surface area (Å²) < 4.78 is 13.3. The van der Waals surface area contributed by atoms with Gasteiger partial charge in [-0.3, -0.25) is 0 Å². The molecule has 0 saturated heterocycles. The summed E-state index contributed by atoms with van der Waals surface area (Å²) in [5.41, 5.74) is 1.03. The fraction of sp³-hybridized carbons (Fsp3) is 0.357. The molecule has 1 aromatic carbocycles. The molecule has 1 aliphatic rings. The summed E-state index contributed by atoms with van der Waals surface area (Å²) >= 11 is 0. The van der Waals surface area contributed by atoms with Crippen molar-refractivity contribution in [3.05, 3.63) is 29.6 Å². The van der Waals surface area contributed by atoms with E-state index in [9.17, 15) is 4.39 Å². The molecule has 0 bridgehead atoms. The third-order valence-electron chi connectivity index (χ3n) is 2.83. The largest absolute Gasteiger partial charge is 0.360 e. The van der Waals surface area contributed by atoms with E-state index < -0.39 is 5.82 Å². The first kappa shape index (κ1) is 11.5. The molecule has 0 N–H and O–H groups in total. The maximum absolute atomic E-state index is 13.3. The van der Waals surface area contributed by atoms with Gasteiger partial charge >= 0.3 is 0 Å². The van der Waals surface area contributed by atoms with Crippen LogP contribution in [0.4, 0.5) is 10.1 Å². The predicted molar refractivity (Wildman–Crippen MR) is 64.9 cm³/mol. The van der Waals surface area contributed by atoms with E-state index in [2.05, 4.69) is 5.92 Å². The average Bonchev–Trinajstić information content (AvgIpc) is 3.11. The Hall–Kier alpha value is -2.00. The normalized spacial score (nSPS) is 13.8. The number of nitriles is 1. The fourth-order valence-corrected chi connectivity index (χ4v) is 1.80. The number of nitrogens with zero attached hydrogens (tertiary/aromatic N) is 2. The van der Waals surface area contributed by atoms with Gasteiger partial charge in [0.1, 0.15) is 5.82 Å². The van der Waals surface area contributed by atoms with Gasteiger partial charge < -0.3 is 4.90 Å². The first-order valence-electron chi connectivity index (χ1n) is 5.62. The first-order valence-corrected chi connectivity index (χ1v) is 5.62. The molecule has 0 spiro atoms. The zero-order chi connectivity index (χ0) is 12.3. The van der Waals surface area contributed by atoms with E-state index in [1.165, 1.54) is 25.0 Å². The maximum Gasteiger partial charge on any atom is 0.126 e. The number of anilines is 1. The summed E-state index contributed by atoms with van der Waals surface area (Å²) in [7, 11) is 0. The summed E-state index contributed by atoms with van der Waals surface area (Å²) in [6.07, 6.45) is 7.74. The third-order valence-corrected chi connectivity index (χ3v) is 2.83. The minimum Gasteiger partial charge on any atom is -0.360 e. The Morgan fingerprint density at radius 3 is 2.76 bits per heavy atom. The monoisotopic (exact) mass is 228 g/mol. The van der Waals surface area contributed by atoms with E-state index in [1.807, 2.05) is 11.0 Å². The lowest BCUT2D eigenvalue weighted by Gasteiger charge is -2.22. The van der Waals surface area contributed by atoms with E-state index in [1.54, 1.807) is 6.07 Å². The SMILES string of the molecule is C#CCN(CC1CC1)c1cc(F)cc(C#N)c1. The molecule has 0 radical (unpaired) electrons. The molecule has 17 heavy (non-hydrogen) atoms. The molecular formula is C14H13FN2. The molecule has 2 nitrogen and oxygen atoms in total. The predicted octanol–water partition coefficient (Wildman–Crippen LogP) is 2.55. The van der Waals surface area contributed by atoms with E-state index in [-0.39, 0.29) is 0 Å². The van der Waals surface area contributed by atoms with Crippen molar-refractivity contribution in [1.29, 1.82) is 5.26 Å². The van der Waals surface area contributed by atoms with Crippen LogP contribution >= 0.6 is 0 Å². The Balaban J connectivity index is 2.24. The second-order valence-electron chi connectivity index (χ2n) is 4.34. The van der Waals surface area contributed by atoms with Gasteiger partial charge in [-0.2, -0.15) is 5.26 Å². The van der Waals surface area contributed by atoms with Crippen LogP contribution in [0.5, 0.6) is 0 Å². The Morgan fingerprint density at radius 1 is 1.41 bits per heavy atom. The Bertz CT molecular complexity index is 492. The number of benzene rings is 1. The van der Waals surface area contributed by atoms with Crippen LogP contribution in [0.15, 0.2) is 18.2 Å². The molecule has 0 heterocycles. The molecule has 3 heteroatoms. The molecule has 0 aliphatic heterocycles. The van der Waals surface area contributed by atoms with Gasteiger partial charge in [-0.05, 0) is 37.0 Å². The smallest absolute Gasteiger partial charge is 0.126 e. The second-order valence-corrected chi connectivity index (χ2v) is 4.34. The highest BCUT2D eigenvalue weighted by molar-refractivity contribution is 5.53. The standard InChI is InChI=1S/C14H13FN2/c1-2-5-17(10-11-3-4-11)14-7-12(9-16)6-13(15)8-14/h1,6-8,11H,3-5,10H2. The number of halogens is 1. The summed E-state index contributed by atoms with van der Waals surface area (Å²) in [6, 6.07) is 6.30. The molecule has 2 rings (SSSR count). The Kier molecular flexibility index (Phi) is 3.30. The van der Waals surface area contributed by atoms with Gasteiger partial charge in [-0.15, -0.1) is 6.42 Å². The fourth-order valence-electron chi connectivity index (χ4n) is 1.80. The summed E-state index contributed by atoms with van der Waals surface area (Å²) in [5.74, 6) is 2.85. The quantitative estimate of drug-likeness (QED) is 0.740. The van der Waals surface area contributed by atoms with Crippen molar-refractivity contribution in [3.8, 4) is 18.4 Å². The van der Waals surface area contributed by atoms with Gasteiger partial charge in [-0.25, -0.2) is 4.39 Å². The van der Waals surface area contributed by atoms with Gasteiger partial charge in [0.05, 0.1) is 18.2 Å². The van der Waals surface area contributed by atoms with Gasteiger partial charge in [0.2, 0.25) is 0 Å². The van der Waals surface area contributed by atoms with Crippen molar-refractivity contribution in [2.24, 2.45) is 5.92 Å². The van der Waals surface area contributed by atoms with Gasteiger partial charge in [0.15, 0.2) is 0 Å². The Morgan fingerprint density at radius 2 is 2.18 bits per heavy atom. The number of terminal acetylenes is 1. The van der Waals surface area contributed by atoms with Crippen molar-refractivity contribution >= 4 is 5.69 Å². The molecule has 1 fully saturated rings. The molecule has 86 valence electrons. The minimum atomic E-state index is -0.392. The average molecular weight is 228 g/mol. The molecule has 1 aliphatic carbocycles. The zero-order valence-corrected chi connectivity index (χ0v) is 9.49. The van der Waals surface area contributed by atoms with Crippen LogP contribution in [0.1, 0.15) is 18.4 Å². The lowest BCUT2D eigenvalue weighted by atomic mass is 10.2. The first-order chi connectivity index (χ1) is 8.22. The van der Waals surface area contributed by atoms with Crippen LogP contribution in [-0.4, -0.2) is 13.1 Å². The summed E-state index contributed by atoms with van der Waals surface area (Å²) in [4.78, 5) is 1.96. The number of rotatable bonds is 4. The van der Waals surface area contributed by atoms with Crippen molar-refractivity contribution in [1.82, 2.24) is 0 Å². The van der Waals surface area contributed by atoms with Crippen LogP contribution in [0, 0.1) is 35.4 Å². The molecule has 0 atom stereocenters. The number of hydrogen-bond acceptors (Lipinski definition) is 2. The van der Waals surface area contributed by atoms with E-state index in [0.717, 1.165) is 6.54 Å².